The lowest BCUT2D eigenvalue weighted by Gasteiger charge is -2.27. The second kappa shape index (κ2) is 7.77. The molecule has 0 saturated carbocycles. The van der Waals surface area contributed by atoms with E-state index < -0.39 is 6.10 Å². The molecule has 0 heterocycles. The lowest BCUT2D eigenvalue weighted by Crippen LogP contribution is -2.37. The van der Waals surface area contributed by atoms with E-state index in [1.54, 1.807) is 0 Å². The van der Waals surface area contributed by atoms with Crippen molar-refractivity contribution < 1.29 is 5.11 Å². The van der Waals surface area contributed by atoms with Gasteiger partial charge in [0.25, 0.3) is 0 Å². The molecule has 0 aliphatic rings. The van der Waals surface area contributed by atoms with Gasteiger partial charge in [-0.15, -0.1) is 6.58 Å². The van der Waals surface area contributed by atoms with E-state index in [0.717, 1.165) is 18.4 Å². The second-order valence-corrected chi connectivity index (χ2v) is 5.41. The van der Waals surface area contributed by atoms with Gasteiger partial charge >= 0.3 is 0 Å². The van der Waals surface area contributed by atoms with Crippen LogP contribution in [0.3, 0.4) is 0 Å². The van der Waals surface area contributed by atoms with Crippen molar-refractivity contribution in [1.29, 1.82) is 0 Å². The first kappa shape index (κ1) is 15.5. The van der Waals surface area contributed by atoms with Gasteiger partial charge in [-0.2, -0.15) is 0 Å². The number of allylic oxidation sites excluding steroid dienone is 1. The fourth-order valence-corrected chi connectivity index (χ4v) is 2.64. The first-order chi connectivity index (χ1) is 10.2. The maximum Gasteiger partial charge on any atom is 0.0943 e. The maximum atomic E-state index is 10.5. The van der Waals surface area contributed by atoms with Gasteiger partial charge in [0.05, 0.1) is 6.10 Å². The van der Waals surface area contributed by atoms with Crippen molar-refractivity contribution in [3.63, 3.8) is 0 Å². The van der Waals surface area contributed by atoms with Crippen LogP contribution >= 0.6 is 0 Å². The van der Waals surface area contributed by atoms with Crippen LogP contribution in [0.1, 0.15) is 23.7 Å². The highest BCUT2D eigenvalue weighted by atomic mass is 16.3. The van der Waals surface area contributed by atoms with Crippen LogP contribution in [0.2, 0.25) is 0 Å². The van der Waals surface area contributed by atoms with Crippen molar-refractivity contribution in [2.24, 2.45) is 11.7 Å². The molecule has 2 rings (SSSR count). The summed E-state index contributed by atoms with van der Waals surface area (Å²) in [6.45, 7) is 3.82. The predicted molar refractivity (Wildman–Crippen MR) is 87.8 cm³/mol. The lowest BCUT2D eigenvalue weighted by molar-refractivity contribution is 0.117. The normalized spacial score (nSPS) is 15.1. The number of aliphatic hydroxyl groups excluding tert-OH is 1. The average molecular weight is 281 g/mol. The molecule has 1 unspecified atom stereocenters. The minimum absolute atomic E-state index is 0.167. The number of hydrogen-bond donors (Lipinski definition) is 2. The van der Waals surface area contributed by atoms with Gasteiger partial charge in [-0.25, -0.2) is 0 Å². The summed E-state index contributed by atoms with van der Waals surface area (Å²) in [6, 6.07) is 19.5. The highest BCUT2D eigenvalue weighted by molar-refractivity contribution is 5.20. The van der Waals surface area contributed by atoms with Gasteiger partial charge in [0.2, 0.25) is 0 Å². The molecule has 0 amide bonds. The summed E-state index contributed by atoms with van der Waals surface area (Å²) in [7, 11) is 0. The first-order valence-electron chi connectivity index (χ1n) is 7.35. The lowest BCUT2D eigenvalue weighted by atomic mass is 9.85. The summed E-state index contributed by atoms with van der Waals surface area (Å²) >= 11 is 0. The quantitative estimate of drug-likeness (QED) is 0.763. The maximum absolute atomic E-state index is 10.5. The summed E-state index contributed by atoms with van der Waals surface area (Å²) in [5.74, 6) is 0.167. The zero-order valence-corrected chi connectivity index (χ0v) is 12.2. The summed E-state index contributed by atoms with van der Waals surface area (Å²) < 4.78 is 0. The third-order valence-corrected chi connectivity index (χ3v) is 3.86. The van der Waals surface area contributed by atoms with Crippen LogP contribution in [0, 0.1) is 5.92 Å². The van der Waals surface area contributed by atoms with Gasteiger partial charge in [-0.05, 0) is 29.9 Å². The Hall–Kier alpha value is -1.90. The molecule has 0 radical (unpaired) electrons. The van der Waals surface area contributed by atoms with E-state index in [-0.39, 0.29) is 12.0 Å². The Morgan fingerprint density at radius 1 is 1.00 bits per heavy atom. The minimum Gasteiger partial charge on any atom is -0.387 e. The monoisotopic (exact) mass is 281 g/mol. The molecule has 3 atom stereocenters. The van der Waals surface area contributed by atoms with E-state index >= 15 is 0 Å². The highest BCUT2D eigenvalue weighted by Gasteiger charge is 2.25. The second-order valence-electron chi connectivity index (χ2n) is 5.41. The molecule has 2 nitrogen and oxygen atoms in total. The molecule has 0 bridgehead atoms. The van der Waals surface area contributed by atoms with Crippen molar-refractivity contribution in [1.82, 2.24) is 0 Å². The standard InChI is InChI=1S/C19H23NO/c1-2-9-17(14-15-10-5-3-6-11-15)18(20)19(21)16-12-7-4-8-13-16/h2-8,10-13,17-19,21H,1,9,14,20H2/t17?,18-,19-/m1/s1. The van der Waals surface area contributed by atoms with E-state index in [4.69, 9.17) is 5.73 Å². The van der Waals surface area contributed by atoms with Gasteiger partial charge in [0.1, 0.15) is 0 Å². The molecule has 0 saturated heterocycles. The van der Waals surface area contributed by atoms with E-state index in [0.29, 0.717) is 0 Å². The molecule has 0 aliphatic carbocycles. The zero-order valence-electron chi connectivity index (χ0n) is 12.2. The van der Waals surface area contributed by atoms with Gasteiger partial charge in [0, 0.05) is 6.04 Å². The predicted octanol–water partition coefficient (Wildman–Crippen LogP) is 3.48. The number of aliphatic hydroxyl groups is 1. The van der Waals surface area contributed by atoms with Crippen molar-refractivity contribution in [3.8, 4) is 0 Å². The molecule has 0 spiro atoms. The Labute approximate surface area is 126 Å². The fourth-order valence-electron chi connectivity index (χ4n) is 2.64. The molecule has 0 aromatic heterocycles. The topological polar surface area (TPSA) is 46.2 Å². The van der Waals surface area contributed by atoms with E-state index in [1.165, 1.54) is 5.56 Å². The number of benzene rings is 2. The minimum atomic E-state index is -0.653. The third-order valence-electron chi connectivity index (χ3n) is 3.86. The van der Waals surface area contributed by atoms with Gasteiger partial charge in [-0.1, -0.05) is 66.7 Å². The van der Waals surface area contributed by atoms with Gasteiger partial charge < -0.3 is 10.8 Å². The molecular weight excluding hydrogens is 258 g/mol. The SMILES string of the molecule is C=CCC(Cc1ccccc1)[C@@H](N)[C@H](O)c1ccccc1. The van der Waals surface area contributed by atoms with Crippen molar-refractivity contribution >= 4 is 0 Å². The van der Waals surface area contributed by atoms with Gasteiger partial charge in [0.15, 0.2) is 0 Å². The van der Waals surface area contributed by atoms with Gasteiger partial charge in [-0.3, -0.25) is 0 Å². The number of hydrogen-bond acceptors (Lipinski definition) is 2. The molecule has 21 heavy (non-hydrogen) atoms. The summed E-state index contributed by atoms with van der Waals surface area (Å²) in [5.41, 5.74) is 8.43. The summed E-state index contributed by atoms with van der Waals surface area (Å²) in [6.07, 6.45) is 2.86. The van der Waals surface area contributed by atoms with Crippen molar-refractivity contribution in [2.45, 2.75) is 25.0 Å². The van der Waals surface area contributed by atoms with Crippen LogP contribution in [0.4, 0.5) is 0 Å². The Morgan fingerprint density at radius 2 is 1.57 bits per heavy atom. The van der Waals surface area contributed by atoms with Crippen LogP contribution in [0.15, 0.2) is 73.3 Å². The summed E-state index contributed by atoms with van der Waals surface area (Å²) in [5, 5.41) is 10.5. The Bertz CT molecular complexity index is 538. The Morgan fingerprint density at radius 3 is 2.14 bits per heavy atom. The van der Waals surface area contributed by atoms with Crippen molar-refractivity contribution in [2.75, 3.05) is 0 Å². The fraction of sp³-hybridized carbons (Fsp3) is 0.263. The molecule has 3 N–H and O–H groups in total. The van der Waals surface area contributed by atoms with E-state index in [1.807, 2.05) is 54.6 Å². The first-order valence-corrected chi connectivity index (χ1v) is 7.35. The molecule has 2 heteroatoms. The number of nitrogens with two attached hydrogens (primary N) is 1. The Balaban J connectivity index is 2.11. The molecule has 0 aliphatic heterocycles. The van der Waals surface area contributed by atoms with Crippen molar-refractivity contribution in [3.05, 3.63) is 84.4 Å². The van der Waals surface area contributed by atoms with Crippen LogP contribution in [-0.4, -0.2) is 11.1 Å². The number of rotatable bonds is 7. The van der Waals surface area contributed by atoms with Crippen LogP contribution in [0.25, 0.3) is 0 Å². The van der Waals surface area contributed by atoms with Crippen LogP contribution in [-0.2, 0) is 6.42 Å². The summed E-state index contributed by atoms with van der Waals surface area (Å²) in [4.78, 5) is 0. The van der Waals surface area contributed by atoms with Crippen LogP contribution in [0.5, 0.6) is 0 Å². The molecular formula is C19H23NO. The molecule has 2 aromatic carbocycles. The smallest absolute Gasteiger partial charge is 0.0943 e. The molecule has 110 valence electrons. The molecule has 0 fully saturated rings. The zero-order chi connectivity index (χ0) is 15.1. The molecule has 2 aromatic rings. The Kier molecular flexibility index (Phi) is 5.73. The average Bonchev–Trinajstić information content (AvgIpc) is 2.55. The van der Waals surface area contributed by atoms with E-state index in [9.17, 15) is 5.11 Å². The van der Waals surface area contributed by atoms with E-state index in [2.05, 4.69) is 18.7 Å². The van der Waals surface area contributed by atoms with Crippen LogP contribution < -0.4 is 5.73 Å². The third kappa shape index (κ3) is 4.28. The highest BCUT2D eigenvalue weighted by Crippen LogP contribution is 2.25. The largest absolute Gasteiger partial charge is 0.387 e.